The minimum absolute atomic E-state index is 0.0723. The Balaban J connectivity index is 1.79. The van der Waals surface area contributed by atoms with Crippen molar-refractivity contribution < 1.29 is 4.79 Å². The van der Waals surface area contributed by atoms with Gasteiger partial charge in [-0.15, -0.1) is 0 Å². The highest BCUT2D eigenvalue weighted by atomic mass is 16.1. The summed E-state index contributed by atoms with van der Waals surface area (Å²) in [6.07, 6.45) is 3.16. The zero-order chi connectivity index (χ0) is 11.4. The summed E-state index contributed by atoms with van der Waals surface area (Å²) >= 11 is 0. The summed E-state index contributed by atoms with van der Waals surface area (Å²) in [7, 11) is 0. The third-order valence-corrected chi connectivity index (χ3v) is 3.02. The first-order valence-corrected chi connectivity index (χ1v) is 5.50. The molecule has 0 aliphatic carbocycles. The Morgan fingerprint density at radius 2 is 2.50 bits per heavy atom. The Hall–Kier alpha value is -1.49. The zero-order valence-electron chi connectivity index (χ0n) is 9.31. The van der Waals surface area contributed by atoms with Crippen molar-refractivity contribution in [2.45, 2.75) is 13.5 Å². The quantitative estimate of drug-likeness (QED) is 0.746. The Kier molecular flexibility index (Phi) is 3.46. The van der Waals surface area contributed by atoms with E-state index in [9.17, 15) is 4.79 Å². The van der Waals surface area contributed by atoms with Crippen molar-refractivity contribution >= 4 is 5.91 Å². The summed E-state index contributed by atoms with van der Waals surface area (Å²) in [6, 6.07) is 1.80. The lowest BCUT2D eigenvalue weighted by Crippen LogP contribution is -2.49. The first-order valence-electron chi connectivity index (χ1n) is 5.50. The Morgan fingerprint density at radius 1 is 1.69 bits per heavy atom. The Bertz CT molecular complexity index is 350. The number of aromatic nitrogens is 2. The molecule has 2 N–H and O–H groups in total. The van der Waals surface area contributed by atoms with Crippen LogP contribution in [0.15, 0.2) is 18.6 Å². The molecule has 1 amide bonds. The van der Waals surface area contributed by atoms with Crippen LogP contribution in [0, 0.1) is 11.8 Å². The Labute approximate surface area is 94.7 Å². The standard InChI is InChI=1S/C11H16N4O/c1-8(9-4-13-5-9)11(16)14-6-10-2-3-12-7-15-10/h2-3,7-9,13H,4-6H2,1H3,(H,14,16). The van der Waals surface area contributed by atoms with E-state index in [0.717, 1.165) is 18.8 Å². The van der Waals surface area contributed by atoms with Crippen molar-refractivity contribution in [3.8, 4) is 0 Å². The van der Waals surface area contributed by atoms with Crippen LogP contribution >= 0.6 is 0 Å². The van der Waals surface area contributed by atoms with Crippen molar-refractivity contribution in [3.63, 3.8) is 0 Å². The molecule has 0 saturated carbocycles. The van der Waals surface area contributed by atoms with Gasteiger partial charge in [0.2, 0.25) is 5.91 Å². The van der Waals surface area contributed by atoms with Gasteiger partial charge in [-0.3, -0.25) is 4.79 Å². The molecule has 1 aromatic rings. The number of carbonyl (C=O) groups excluding carboxylic acids is 1. The van der Waals surface area contributed by atoms with E-state index in [1.165, 1.54) is 6.33 Å². The van der Waals surface area contributed by atoms with E-state index in [1.54, 1.807) is 12.3 Å². The van der Waals surface area contributed by atoms with E-state index >= 15 is 0 Å². The van der Waals surface area contributed by atoms with Crippen molar-refractivity contribution in [1.29, 1.82) is 0 Å². The largest absolute Gasteiger partial charge is 0.350 e. The number of nitrogens with one attached hydrogen (secondary N) is 2. The van der Waals surface area contributed by atoms with Crippen molar-refractivity contribution in [2.24, 2.45) is 11.8 Å². The van der Waals surface area contributed by atoms with Crippen LogP contribution in [0.4, 0.5) is 0 Å². The second kappa shape index (κ2) is 5.03. The normalized spacial score (nSPS) is 17.6. The van der Waals surface area contributed by atoms with Crippen molar-refractivity contribution in [2.75, 3.05) is 13.1 Å². The minimum atomic E-state index is 0.0723. The molecule has 1 fully saturated rings. The number of nitrogens with zero attached hydrogens (tertiary/aromatic N) is 2. The molecule has 86 valence electrons. The lowest BCUT2D eigenvalue weighted by Gasteiger charge is -2.31. The molecule has 1 saturated heterocycles. The summed E-state index contributed by atoms with van der Waals surface area (Å²) < 4.78 is 0. The first kappa shape index (κ1) is 11.0. The van der Waals surface area contributed by atoms with Crippen LogP contribution in [-0.2, 0) is 11.3 Å². The second-order valence-electron chi connectivity index (χ2n) is 4.13. The van der Waals surface area contributed by atoms with Crippen LogP contribution in [-0.4, -0.2) is 29.0 Å². The van der Waals surface area contributed by atoms with Crippen LogP contribution in [0.3, 0.4) is 0 Å². The van der Waals surface area contributed by atoms with E-state index in [2.05, 4.69) is 20.6 Å². The molecule has 0 spiro atoms. The molecule has 2 heterocycles. The maximum atomic E-state index is 11.8. The Morgan fingerprint density at radius 3 is 3.06 bits per heavy atom. The van der Waals surface area contributed by atoms with E-state index in [0.29, 0.717) is 12.5 Å². The van der Waals surface area contributed by atoms with E-state index < -0.39 is 0 Å². The third-order valence-electron chi connectivity index (χ3n) is 3.02. The van der Waals surface area contributed by atoms with Gasteiger partial charge >= 0.3 is 0 Å². The fraction of sp³-hybridized carbons (Fsp3) is 0.545. The zero-order valence-corrected chi connectivity index (χ0v) is 9.31. The molecule has 16 heavy (non-hydrogen) atoms. The van der Waals surface area contributed by atoms with E-state index in [-0.39, 0.29) is 11.8 Å². The number of rotatable bonds is 4. The topological polar surface area (TPSA) is 66.9 Å². The fourth-order valence-electron chi connectivity index (χ4n) is 1.64. The van der Waals surface area contributed by atoms with Gasteiger partial charge in [0.1, 0.15) is 6.33 Å². The average molecular weight is 220 g/mol. The van der Waals surface area contributed by atoms with Crippen LogP contribution in [0.1, 0.15) is 12.6 Å². The monoisotopic (exact) mass is 220 g/mol. The maximum absolute atomic E-state index is 11.8. The molecule has 5 heteroatoms. The van der Waals surface area contributed by atoms with Gasteiger partial charge in [-0.05, 0) is 25.1 Å². The van der Waals surface area contributed by atoms with Gasteiger partial charge in [-0.2, -0.15) is 0 Å². The summed E-state index contributed by atoms with van der Waals surface area (Å²) in [5, 5.41) is 6.06. The molecular weight excluding hydrogens is 204 g/mol. The molecule has 2 rings (SSSR count). The molecule has 0 aromatic carbocycles. The van der Waals surface area contributed by atoms with Crippen molar-refractivity contribution in [1.82, 2.24) is 20.6 Å². The first-order chi connectivity index (χ1) is 7.77. The summed E-state index contributed by atoms with van der Waals surface area (Å²) in [5.74, 6) is 0.651. The molecular formula is C11H16N4O. The minimum Gasteiger partial charge on any atom is -0.350 e. The van der Waals surface area contributed by atoms with Gasteiger partial charge < -0.3 is 10.6 Å². The second-order valence-corrected chi connectivity index (χ2v) is 4.13. The third kappa shape index (κ3) is 2.55. The smallest absolute Gasteiger partial charge is 0.223 e. The molecule has 1 atom stereocenters. The fourth-order valence-corrected chi connectivity index (χ4v) is 1.64. The summed E-state index contributed by atoms with van der Waals surface area (Å²) in [4.78, 5) is 19.6. The highest BCUT2D eigenvalue weighted by Crippen LogP contribution is 2.15. The molecule has 0 radical (unpaired) electrons. The van der Waals surface area contributed by atoms with Crippen LogP contribution in [0.25, 0.3) is 0 Å². The molecule has 1 aliphatic rings. The van der Waals surface area contributed by atoms with E-state index in [1.807, 2.05) is 6.92 Å². The van der Waals surface area contributed by atoms with Gasteiger partial charge in [0, 0.05) is 12.1 Å². The highest BCUT2D eigenvalue weighted by Gasteiger charge is 2.28. The lowest BCUT2D eigenvalue weighted by atomic mass is 9.88. The molecule has 0 bridgehead atoms. The molecule has 5 nitrogen and oxygen atoms in total. The lowest BCUT2D eigenvalue weighted by molar-refractivity contribution is -0.126. The number of amides is 1. The number of carbonyl (C=O) groups is 1. The SMILES string of the molecule is CC(C(=O)NCc1ccncn1)C1CNC1. The van der Waals surface area contributed by atoms with Gasteiger partial charge in [0.15, 0.2) is 0 Å². The summed E-state index contributed by atoms with van der Waals surface area (Å²) in [5.41, 5.74) is 0.835. The average Bonchev–Trinajstić information content (AvgIpc) is 2.25. The number of hydrogen-bond acceptors (Lipinski definition) is 4. The predicted molar refractivity (Wildman–Crippen MR) is 59.4 cm³/mol. The van der Waals surface area contributed by atoms with E-state index in [4.69, 9.17) is 0 Å². The van der Waals surface area contributed by atoms with Gasteiger partial charge in [0.25, 0.3) is 0 Å². The van der Waals surface area contributed by atoms with Crippen LogP contribution < -0.4 is 10.6 Å². The van der Waals surface area contributed by atoms with Gasteiger partial charge in [-0.1, -0.05) is 6.92 Å². The molecule has 1 aromatic heterocycles. The van der Waals surface area contributed by atoms with Crippen LogP contribution in [0.5, 0.6) is 0 Å². The van der Waals surface area contributed by atoms with Crippen LogP contribution in [0.2, 0.25) is 0 Å². The number of hydrogen-bond donors (Lipinski definition) is 2. The molecule has 1 aliphatic heterocycles. The van der Waals surface area contributed by atoms with Gasteiger partial charge in [0.05, 0.1) is 12.2 Å². The molecule has 1 unspecified atom stereocenters. The summed E-state index contributed by atoms with van der Waals surface area (Å²) in [6.45, 7) is 4.34. The predicted octanol–water partition coefficient (Wildman–Crippen LogP) is -0.0517. The maximum Gasteiger partial charge on any atom is 0.223 e. The van der Waals surface area contributed by atoms with Gasteiger partial charge in [-0.25, -0.2) is 9.97 Å². The highest BCUT2D eigenvalue weighted by molar-refractivity contribution is 5.78. The van der Waals surface area contributed by atoms with Crippen molar-refractivity contribution in [3.05, 3.63) is 24.3 Å².